The van der Waals surface area contributed by atoms with Gasteiger partial charge in [-0.25, -0.2) is 0 Å². The molecule has 1 saturated heterocycles. The van der Waals surface area contributed by atoms with E-state index in [2.05, 4.69) is 0 Å². The number of nitrogens with zero attached hydrogens (tertiary/aromatic N) is 1. The lowest BCUT2D eigenvalue weighted by molar-refractivity contribution is -0.148. The highest BCUT2D eigenvalue weighted by molar-refractivity contribution is 5.82. The molecule has 1 fully saturated rings. The molecule has 0 aromatic carbocycles. The van der Waals surface area contributed by atoms with Crippen molar-refractivity contribution in [2.24, 2.45) is 11.7 Å². The summed E-state index contributed by atoms with van der Waals surface area (Å²) in [6.45, 7) is 4.94. The first-order valence-electron chi connectivity index (χ1n) is 5.79. The van der Waals surface area contributed by atoms with Crippen molar-refractivity contribution >= 4 is 11.9 Å². The lowest BCUT2D eigenvalue weighted by Gasteiger charge is -2.34. The molecule has 2 unspecified atom stereocenters. The summed E-state index contributed by atoms with van der Waals surface area (Å²) >= 11 is 0. The van der Waals surface area contributed by atoms with Crippen molar-refractivity contribution in [3.05, 3.63) is 0 Å². The largest absolute Gasteiger partial charge is 0.481 e. The molecule has 0 saturated carbocycles. The monoisotopic (exact) mass is 244 g/mol. The number of nitrogens with two attached hydrogens (primary N) is 1. The molecule has 1 heterocycles. The fourth-order valence-electron chi connectivity index (χ4n) is 1.73. The van der Waals surface area contributed by atoms with E-state index in [0.29, 0.717) is 19.7 Å². The number of carboxylic acids is 1. The molecule has 2 atom stereocenters. The Morgan fingerprint density at radius 1 is 1.53 bits per heavy atom. The van der Waals surface area contributed by atoms with Crippen LogP contribution in [0.3, 0.4) is 0 Å². The molecule has 0 aliphatic carbocycles. The van der Waals surface area contributed by atoms with E-state index in [0.717, 1.165) is 0 Å². The molecule has 17 heavy (non-hydrogen) atoms. The van der Waals surface area contributed by atoms with E-state index in [4.69, 9.17) is 15.6 Å². The van der Waals surface area contributed by atoms with Gasteiger partial charge >= 0.3 is 5.97 Å². The molecule has 1 aliphatic rings. The Labute approximate surface area is 101 Å². The lowest BCUT2D eigenvalue weighted by Crippen LogP contribution is -2.53. The zero-order valence-electron chi connectivity index (χ0n) is 10.3. The summed E-state index contributed by atoms with van der Waals surface area (Å²) in [4.78, 5) is 24.1. The summed E-state index contributed by atoms with van der Waals surface area (Å²) in [6.07, 6.45) is -0.509. The minimum Gasteiger partial charge on any atom is -0.481 e. The minimum absolute atomic E-state index is 0.0725. The highest BCUT2D eigenvalue weighted by Gasteiger charge is 2.29. The minimum atomic E-state index is -0.919. The summed E-state index contributed by atoms with van der Waals surface area (Å²) in [5, 5.41) is 8.68. The van der Waals surface area contributed by atoms with Crippen LogP contribution in [0.1, 0.15) is 20.3 Å². The van der Waals surface area contributed by atoms with Gasteiger partial charge in [0.05, 0.1) is 25.2 Å². The normalized spacial score (nSPS) is 22.6. The maximum atomic E-state index is 12.0. The topological polar surface area (TPSA) is 92.9 Å². The number of aliphatic carboxylic acids is 1. The van der Waals surface area contributed by atoms with Crippen LogP contribution in [0.4, 0.5) is 0 Å². The molecule has 0 radical (unpaired) electrons. The van der Waals surface area contributed by atoms with E-state index in [1.807, 2.05) is 13.8 Å². The predicted molar refractivity (Wildman–Crippen MR) is 61.4 cm³/mol. The molecule has 98 valence electrons. The lowest BCUT2D eigenvalue weighted by atomic mass is 10.0. The van der Waals surface area contributed by atoms with Gasteiger partial charge in [-0.15, -0.1) is 0 Å². The highest BCUT2D eigenvalue weighted by atomic mass is 16.5. The van der Waals surface area contributed by atoms with E-state index in [1.54, 1.807) is 4.90 Å². The zero-order chi connectivity index (χ0) is 13.0. The van der Waals surface area contributed by atoms with Crippen LogP contribution in [0.2, 0.25) is 0 Å². The highest BCUT2D eigenvalue weighted by Crippen LogP contribution is 2.11. The van der Waals surface area contributed by atoms with E-state index < -0.39 is 18.1 Å². The number of carbonyl (C=O) groups excluding carboxylic acids is 1. The molecule has 0 aromatic heterocycles. The van der Waals surface area contributed by atoms with Gasteiger partial charge in [0, 0.05) is 13.1 Å². The molecule has 1 amide bonds. The van der Waals surface area contributed by atoms with Crippen LogP contribution in [-0.4, -0.2) is 53.7 Å². The third kappa shape index (κ3) is 3.98. The van der Waals surface area contributed by atoms with Gasteiger partial charge in [-0.3, -0.25) is 9.59 Å². The third-order valence-electron chi connectivity index (χ3n) is 2.86. The maximum absolute atomic E-state index is 12.0. The second kappa shape index (κ2) is 5.97. The van der Waals surface area contributed by atoms with Gasteiger partial charge in [0.2, 0.25) is 5.91 Å². The number of amides is 1. The Bertz CT molecular complexity index is 293. The first-order valence-corrected chi connectivity index (χ1v) is 5.79. The molecule has 1 aliphatic heterocycles. The Hall–Kier alpha value is -1.14. The second-order valence-electron chi connectivity index (χ2n) is 4.64. The van der Waals surface area contributed by atoms with Crippen molar-refractivity contribution in [2.45, 2.75) is 32.4 Å². The fourth-order valence-corrected chi connectivity index (χ4v) is 1.73. The van der Waals surface area contributed by atoms with Gasteiger partial charge in [-0.1, -0.05) is 13.8 Å². The molecule has 6 heteroatoms. The number of hydrogen-bond acceptors (Lipinski definition) is 4. The number of hydrogen-bond donors (Lipinski definition) is 2. The number of ether oxygens (including phenoxy) is 1. The Balaban J connectivity index is 2.54. The number of rotatable bonds is 4. The van der Waals surface area contributed by atoms with Crippen LogP contribution in [0.15, 0.2) is 0 Å². The van der Waals surface area contributed by atoms with Crippen LogP contribution >= 0.6 is 0 Å². The zero-order valence-corrected chi connectivity index (χ0v) is 10.3. The van der Waals surface area contributed by atoms with Crippen LogP contribution in [0.25, 0.3) is 0 Å². The van der Waals surface area contributed by atoms with E-state index >= 15 is 0 Å². The van der Waals surface area contributed by atoms with E-state index in [9.17, 15) is 9.59 Å². The van der Waals surface area contributed by atoms with E-state index in [1.165, 1.54) is 0 Å². The van der Waals surface area contributed by atoms with Crippen LogP contribution < -0.4 is 5.73 Å². The summed E-state index contributed by atoms with van der Waals surface area (Å²) in [6, 6.07) is -0.529. The molecular formula is C11H20N2O4. The summed E-state index contributed by atoms with van der Waals surface area (Å²) in [7, 11) is 0. The van der Waals surface area contributed by atoms with Crippen LogP contribution in [0.5, 0.6) is 0 Å². The molecule has 0 aromatic rings. The van der Waals surface area contributed by atoms with Crippen molar-refractivity contribution in [3.8, 4) is 0 Å². The van der Waals surface area contributed by atoms with Crippen molar-refractivity contribution in [2.75, 3.05) is 19.7 Å². The second-order valence-corrected chi connectivity index (χ2v) is 4.64. The summed E-state index contributed by atoms with van der Waals surface area (Å²) in [5.41, 5.74) is 5.79. The average molecular weight is 244 g/mol. The van der Waals surface area contributed by atoms with Crippen molar-refractivity contribution in [1.29, 1.82) is 0 Å². The first-order chi connectivity index (χ1) is 7.91. The Kier molecular flexibility index (Phi) is 4.89. The number of morpholine rings is 1. The van der Waals surface area contributed by atoms with Gasteiger partial charge in [0.15, 0.2) is 0 Å². The summed E-state index contributed by atoms with van der Waals surface area (Å²) in [5.74, 6) is -0.973. The van der Waals surface area contributed by atoms with Crippen molar-refractivity contribution in [3.63, 3.8) is 0 Å². The predicted octanol–water partition coefficient (Wildman–Crippen LogP) is -0.328. The van der Waals surface area contributed by atoms with Gasteiger partial charge in [0.25, 0.3) is 0 Å². The Morgan fingerprint density at radius 2 is 2.18 bits per heavy atom. The van der Waals surface area contributed by atoms with Gasteiger partial charge in [-0.2, -0.15) is 0 Å². The quantitative estimate of drug-likeness (QED) is 0.706. The average Bonchev–Trinajstić information content (AvgIpc) is 2.26. The molecular weight excluding hydrogens is 224 g/mol. The molecule has 1 rings (SSSR count). The molecule has 0 bridgehead atoms. The van der Waals surface area contributed by atoms with E-state index in [-0.39, 0.29) is 18.2 Å². The smallest absolute Gasteiger partial charge is 0.306 e. The molecule has 0 spiro atoms. The first kappa shape index (κ1) is 13.9. The van der Waals surface area contributed by atoms with Gasteiger partial charge in [-0.05, 0) is 5.92 Å². The SMILES string of the molecule is CC(C)C(N)C(=O)N1CCOC(CC(=O)O)C1. The van der Waals surface area contributed by atoms with Gasteiger partial charge < -0.3 is 20.5 Å². The summed E-state index contributed by atoms with van der Waals surface area (Å²) < 4.78 is 5.29. The van der Waals surface area contributed by atoms with Crippen molar-refractivity contribution in [1.82, 2.24) is 4.90 Å². The van der Waals surface area contributed by atoms with Crippen LogP contribution in [-0.2, 0) is 14.3 Å². The number of carboxylic acid groups (broad SMARTS) is 1. The Morgan fingerprint density at radius 3 is 2.71 bits per heavy atom. The fraction of sp³-hybridized carbons (Fsp3) is 0.818. The number of carbonyl (C=O) groups is 2. The molecule has 3 N–H and O–H groups in total. The third-order valence-corrected chi connectivity index (χ3v) is 2.86. The standard InChI is InChI=1S/C11H20N2O4/c1-7(2)10(12)11(16)13-3-4-17-8(6-13)5-9(14)15/h7-8,10H,3-6,12H2,1-2H3,(H,14,15). The van der Waals surface area contributed by atoms with Gasteiger partial charge in [0.1, 0.15) is 0 Å². The van der Waals surface area contributed by atoms with Crippen LogP contribution in [0, 0.1) is 5.92 Å². The maximum Gasteiger partial charge on any atom is 0.306 e. The molecule has 6 nitrogen and oxygen atoms in total. The van der Waals surface area contributed by atoms with Crippen molar-refractivity contribution < 1.29 is 19.4 Å².